The van der Waals surface area contributed by atoms with E-state index in [1.165, 1.54) is 0 Å². The van der Waals surface area contributed by atoms with E-state index < -0.39 is 0 Å². The third-order valence-corrected chi connectivity index (χ3v) is 3.52. The minimum atomic E-state index is 0.111. The highest BCUT2D eigenvalue weighted by Gasteiger charge is 2.17. The molecular formula is C16H24N2O2. The molecule has 1 aromatic carbocycles. The Morgan fingerprint density at radius 2 is 2.05 bits per heavy atom. The van der Waals surface area contributed by atoms with E-state index in [9.17, 15) is 4.79 Å². The summed E-state index contributed by atoms with van der Waals surface area (Å²) in [4.78, 5) is 13.9. The van der Waals surface area contributed by atoms with Crippen LogP contribution in [0, 0.1) is 0 Å². The Bertz CT molecular complexity index is 466. The van der Waals surface area contributed by atoms with E-state index in [0.717, 1.165) is 43.7 Å². The van der Waals surface area contributed by atoms with Crippen LogP contribution < -0.4 is 10.5 Å². The van der Waals surface area contributed by atoms with Crippen molar-refractivity contribution in [3.05, 3.63) is 23.8 Å². The van der Waals surface area contributed by atoms with E-state index in [1.807, 2.05) is 36.9 Å². The molecule has 0 bridgehead atoms. The smallest absolute Gasteiger partial charge is 0.222 e. The summed E-state index contributed by atoms with van der Waals surface area (Å²) >= 11 is 0. The number of nitrogen functional groups attached to an aromatic ring is 1. The summed E-state index contributed by atoms with van der Waals surface area (Å²) in [6.45, 7) is 5.79. The lowest BCUT2D eigenvalue weighted by Crippen LogP contribution is -2.27. The van der Waals surface area contributed by atoms with Crippen molar-refractivity contribution in [2.45, 2.75) is 45.6 Å². The van der Waals surface area contributed by atoms with E-state index in [2.05, 4.69) is 0 Å². The number of amides is 1. The monoisotopic (exact) mass is 276 g/mol. The van der Waals surface area contributed by atoms with Crippen LogP contribution in [0.25, 0.3) is 0 Å². The molecule has 0 unspecified atom stereocenters. The minimum absolute atomic E-state index is 0.111. The highest BCUT2D eigenvalue weighted by molar-refractivity contribution is 5.76. The van der Waals surface area contributed by atoms with E-state index in [4.69, 9.17) is 10.5 Å². The van der Waals surface area contributed by atoms with Gasteiger partial charge in [-0.15, -0.1) is 0 Å². The van der Waals surface area contributed by atoms with Crippen LogP contribution >= 0.6 is 0 Å². The van der Waals surface area contributed by atoms with Crippen LogP contribution in [0.2, 0.25) is 0 Å². The highest BCUT2D eigenvalue weighted by atomic mass is 16.5. The van der Waals surface area contributed by atoms with Crippen molar-refractivity contribution >= 4 is 11.6 Å². The molecule has 2 rings (SSSR count). The molecule has 1 fully saturated rings. The molecule has 1 heterocycles. The standard InChI is InChI=1S/C16H24N2O2/c1-12(2)20-15-7-5-13(11-14(15)17)6-8-16(19)18-9-3-4-10-18/h5,7,11-12H,3-4,6,8-10,17H2,1-2H3. The van der Waals surface area contributed by atoms with Gasteiger partial charge in [0.15, 0.2) is 0 Å². The summed E-state index contributed by atoms with van der Waals surface area (Å²) in [6, 6.07) is 5.80. The maximum atomic E-state index is 12.0. The zero-order chi connectivity index (χ0) is 14.5. The molecule has 4 nitrogen and oxygen atoms in total. The van der Waals surface area contributed by atoms with Crippen molar-refractivity contribution in [1.82, 2.24) is 4.90 Å². The lowest BCUT2D eigenvalue weighted by Gasteiger charge is -2.16. The van der Waals surface area contributed by atoms with Crippen LogP contribution in [0.5, 0.6) is 5.75 Å². The Kier molecular flexibility index (Phi) is 4.88. The fourth-order valence-electron chi connectivity index (χ4n) is 2.49. The zero-order valence-electron chi connectivity index (χ0n) is 12.4. The molecule has 0 atom stereocenters. The van der Waals surface area contributed by atoms with Gasteiger partial charge in [0.2, 0.25) is 5.91 Å². The van der Waals surface area contributed by atoms with Gasteiger partial charge in [-0.2, -0.15) is 0 Å². The maximum Gasteiger partial charge on any atom is 0.222 e. The van der Waals surface area contributed by atoms with Gasteiger partial charge >= 0.3 is 0 Å². The molecule has 20 heavy (non-hydrogen) atoms. The first-order valence-corrected chi connectivity index (χ1v) is 7.39. The molecule has 1 aromatic rings. The van der Waals surface area contributed by atoms with E-state index in [1.54, 1.807) is 0 Å². The lowest BCUT2D eigenvalue weighted by atomic mass is 10.1. The number of benzene rings is 1. The van der Waals surface area contributed by atoms with Crippen molar-refractivity contribution in [1.29, 1.82) is 0 Å². The number of nitrogens with zero attached hydrogens (tertiary/aromatic N) is 1. The van der Waals surface area contributed by atoms with Crippen molar-refractivity contribution < 1.29 is 9.53 Å². The molecule has 110 valence electrons. The van der Waals surface area contributed by atoms with Gasteiger partial charge in [0, 0.05) is 19.5 Å². The summed E-state index contributed by atoms with van der Waals surface area (Å²) in [5.41, 5.74) is 7.71. The van der Waals surface area contributed by atoms with Gasteiger partial charge in [0.05, 0.1) is 11.8 Å². The Morgan fingerprint density at radius 3 is 2.65 bits per heavy atom. The predicted octanol–water partition coefficient (Wildman–Crippen LogP) is 2.61. The fraction of sp³-hybridized carbons (Fsp3) is 0.562. The second-order valence-electron chi connectivity index (χ2n) is 5.63. The van der Waals surface area contributed by atoms with E-state index in [-0.39, 0.29) is 12.0 Å². The number of rotatable bonds is 5. The second-order valence-corrected chi connectivity index (χ2v) is 5.63. The third kappa shape index (κ3) is 3.89. The molecular weight excluding hydrogens is 252 g/mol. The van der Waals surface area contributed by atoms with Crippen LogP contribution in [-0.4, -0.2) is 30.0 Å². The van der Waals surface area contributed by atoms with Crippen LogP contribution in [-0.2, 0) is 11.2 Å². The summed E-state index contributed by atoms with van der Waals surface area (Å²) < 4.78 is 5.61. The Labute approximate surface area is 120 Å². The molecule has 0 aromatic heterocycles. The second kappa shape index (κ2) is 6.64. The van der Waals surface area contributed by atoms with Crippen molar-refractivity contribution in [2.75, 3.05) is 18.8 Å². The van der Waals surface area contributed by atoms with Crippen LogP contribution in [0.4, 0.5) is 5.69 Å². The number of anilines is 1. The number of aryl methyl sites for hydroxylation is 1. The molecule has 1 saturated heterocycles. The van der Waals surface area contributed by atoms with E-state index in [0.29, 0.717) is 12.1 Å². The summed E-state index contributed by atoms with van der Waals surface area (Å²) in [5, 5.41) is 0. The summed E-state index contributed by atoms with van der Waals surface area (Å²) in [7, 11) is 0. The minimum Gasteiger partial charge on any atom is -0.489 e. The summed E-state index contributed by atoms with van der Waals surface area (Å²) in [6.07, 6.45) is 3.69. The Morgan fingerprint density at radius 1 is 1.35 bits per heavy atom. The molecule has 1 aliphatic rings. The average molecular weight is 276 g/mol. The average Bonchev–Trinajstić information content (AvgIpc) is 2.92. The molecule has 2 N–H and O–H groups in total. The molecule has 0 radical (unpaired) electrons. The number of carbonyl (C=O) groups is 1. The maximum absolute atomic E-state index is 12.0. The van der Waals surface area contributed by atoms with Gasteiger partial charge in [0.25, 0.3) is 0 Å². The van der Waals surface area contributed by atoms with Gasteiger partial charge in [-0.05, 0) is 50.8 Å². The van der Waals surface area contributed by atoms with Gasteiger partial charge < -0.3 is 15.4 Å². The first-order valence-electron chi connectivity index (χ1n) is 7.39. The van der Waals surface area contributed by atoms with Crippen molar-refractivity contribution in [3.63, 3.8) is 0 Å². The molecule has 0 saturated carbocycles. The Hall–Kier alpha value is -1.71. The quantitative estimate of drug-likeness (QED) is 0.841. The largest absolute Gasteiger partial charge is 0.489 e. The van der Waals surface area contributed by atoms with Crippen LogP contribution in [0.15, 0.2) is 18.2 Å². The van der Waals surface area contributed by atoms with Crippen molar-refractivity contribution in [3.8, 4) is 5.75 Å². The van der Waals surface area contributed by atoms with Crippen LogP contribution in [0.3, 0.4) is 0 Å². The van der Waals surface area contributed by atoms with Gasteiger partial charge in [-0.1, -0.05) is 6.07 Å². The Balaban J connectivity index is 1.89. The number of ether oxygens (including phenoxy) is 1. The zero-order valence-corrected chi connectivity index (χ0v) is 12.4. The summed E-state index contributed by atoms with van der Waals surface area (Å²) in [5.74, 6) is 0.971. The molecule has 4 heteroatoms. The molecule has 1 aliphatic heterocycles. The number of carbonyl (C=O) groups excluding carboxylic acids is 1. The number of hydrogen-bond acceptors (Lipinski definition) is 3. The van der Waals surface area contributed by atoms with Crippen molar-refractivity contribution in [2.24, 2.45) is 0 Å². The SMILES string of the molecule is CC(C)Oc1ccc(CCC(=O)N2CCCC2)cc1N. The van der Waals surface area contributed by atoms with Gasteiger partial charge in [-0.3, -0.25) is 4.79 Å². The lowest BCUT2D eigenvalue weighted by molar-refractivity contribution is -0.130. The fourth-order valence-corrected chi connectivity index (χ4v) is 2.49. The predicted molar refractivity (Wildman–Crippen MR) is 80.8 cm³/mol. The number of likely N-dealkylation sites (tertiary alicyclic amines) is 1. The highest BCUT2D eigenvalue weighted by Crippen LogP contribution is 2.24. The molecule has 0 aliphatic carbocycles. The first kappa shape index (κ1) is 14.7. The van der Waals surface area contributed by atoms with Gasteiger partial charge in [0.1, 0.15) is 5.75 Å². The van der Waals surface area contributed by atoms with E-state index >= 15 is 0 Å². The third-order valence-electron chi connectivity index (χ3n) is 3.52. The molecule has 1 amide bonds. The van der Waals surface area contributed by atoms with Crippen LogP contribution in [0.1, 0.15) is 38.7 Å². The number of hydrogen-bond donors (Lipinski definition) is 1. The van der Waals surface area contributed by atoms with Gasteiger partial charge in [-0.25, -0.2) is 0 Å². The molecule has 0 spiro atoms. The first-order chi connectivity index (χ1) is 9.56. The number of nitrogens with two attached hydrogens (primary N) is 1. The normalized spacial score (nSPS) is 14.8. The topological polar surface area (TPSA) is 55.6 Å².